The van der Waals surface area contributed by atoms with Crippen LogP contribution >= 0.6 is 0 Å². The van der Waals surface area contributed by atoms with Gasteiger partial charge < -0.3 is 4.52 Å². The standard InChI is InChI=1S/C15H16FN3O3S/c16-11-3-1-4-12(9-11)23(20,21)19-8-2-5-13(19)15-17-14(18-22-15)10-6-7-10/h1,3-4,9-10,13H,2,5-8H2. The molecule has 1 saturated heterocycles. The Morgan fingerprint density at radius 2 is 2.09 bits per heavy atom. The van der Waals surface area contributed by atoms with E-state index in [9.17, 15) is 12.8 Å². The van der Waals surface area contributed by atoms with Crippen LogP contribution in [0.15, 0.2) is 33.7 Å². The van der Waals surface area contributed by atoms with Gasteiger partial charge in [-0.2, -0.15) is 9.29 Å². The second-order valence-electron chi connectivity index (χ2n) is 6.00. The fraction of sp³-hybridized carbons (Fsp3) is 0.467. The minimum Gasteiger partial charge on any atom is -0.338 e. The van der Waals surface area contributed by atoms with E-state index in [2.05, 4.69) is 10.1 Å². The Kier molecular flexibility index (Phi) is 3.46. The van der Waals surface area contributed by atoms with Crippen LogP contribution in [0.5, 0.6) is 0 Å². The van der Waals surface area contributed by atoms with Crippen LogP contribution < -0.4 is 0 Å². The predicted molar refractivity (Wildman–Crippen MR) is 78.5 cm³/mol. The molecule has 1 saturated carbocycles. The first-order valence-electron chi connectivity index (χ1n) is 7.66. The Bertz CT molecular complexity index is 832. The summed E-state index contributed by atoms with van der Waals surface area (Å²) in [5, 5.41) is 3.96. The smallest absolute Gasteiger partial charge is 0.245 e. The van der Waals surface area contributed by atoms with Crippen molar-refractivity contribution in [3.63, 3.8) is 0 Å². The summed E-state index contributed by atoms with van der Waals surface area (Å²) in [6, 6.07) is 4.58. The summed E-state index contributed by atoms with van der Waals surface area (Å²) in [6.45, 7) is 0.366. The number of halogens is 1. The summed E-state index contributed by atoms with van der Waals surface area (Å²) < 4.78 is 45.6. The molecule has 0 N–H and O–H groups in total. The van der Waals surface area contributed by atoms with Gasteiger partial charge in [-0.05, 0) is 43.9 Å². The van der Waals surface area contributed by atoms with Crippen molar-refractivity contribution in [1.29, 1.82) is 0 Å². The summed E-state index contributed by atoms with van der Waals surface area (Å²) in [7, 11) is -3.79. The Morgan fingerprint density at radius 3 is 2.83 bits per heavy atom. The van der Waals surface area contributed by atoms with Crippen LogP contribution in [-0.4, -0.2) is 29.4 Å². The van der Waals surface area contributed by atoms with Gasteiger partial charge in [0, 0.05) is 12.5 Å². The van der Waals surface area contributed by atoms with Gasteiger partial charge in [0.25, 0.3) is 0 Å². The fourth-order valence-electron chi connectivity index (χ4n) is 2.93. The molecule has 2 aliphatic rings. The first-order valence-corrected chi connectivity index (χ1v) is 9.10. The third kappa shape index (κ3) is 2.66. The van der Waals surface area contributed by atoms with Crippen molar-refractivity contribution >= 4 is 10.0 Å². The average molecular weight is 337 g/mol. The van der Waals surface area contributed by atoms with Gasteiger partial charge in [0.2, 0.25) is 15.9 Å². The maximum atomic E-state index is 13.4. The van der Waals surface area contributed by atoms with E-state index in [0.29, 0.717) is 37.0 Å². The van der Waals surface area contributed by atoms with Crippen molar-refractivity contribution in [1.82, 2.24) is 14.4 Å². The summed E-state index contributed by atoms with van der Waals surface area (Å²) >= 11 is 0. The van der Waals surface area contributed by atoms with Gasteiger partial charge in [-0.25, -0.2) is 12.8 Å². The minimum absolute atomic E-state index is 0.0497. The molecule has 0 spiro atoms. The number of hydrogen-bond acceptors (Lipinski definition) is 5. The molecule has 1 atom stereocenters. The van der Waals surface area contributed by atoms with Crippen molar-refractivity contribution in [2.24, 2.45) is 0 Å². The zero-order valence-electron chi connectivity index (χ0n) is 12.4. The number of benzene rings is 1. The van der Waals surface area contributed by atoms with Gasteiger partial charge in [-0.3, -0.25) is 0 Å². The monoisotopic (exact) mass is 337 g/mol. The highest BCUT2D eigenvalue weighted by Gasteiger charge is 2.40. The molecule has 0 amide bonds. The third-order valence-electron chi connectivity index (χ3n) is 4.29. The van der Waals surface area contributed by atoms with Gasteiger partial charge in [-0.15, -0.1) is 0 Å². The van der Waals surface area contributed by atoms with Crippen LogP contribution in [0, 0.1) is 5.82 Å². The lowest BCUT2D eigenvalue weighted by Crippen LogP contribution is -2.31. The molecule has 2 aromatic rings. The third-order valence-corrected chi connectivity index (χ3v) is 6.20. The van der Waals surface area contributed by atoms with E-state index >= 15 is 0 Å². The van der Waals surface area contributed by atoms with E-state index in [1.165, 1.54) is 22.5 Å². The van der Waals surface area contributed by atoms with Crippen LogP contribution in [0.4, 0.5) is 4.39 Å². The maximum Gasteiger partial charge on any atom is 0.245 e. The molecule has 0 bridgehead atoms. The Labute approximate surface area is 133 Å². The van der Waals surface area contributed by atoms with Crippen LogP contribution in [-0.2, 0) is 10.0 Å². The highest BCUT2D eigenvalue weighted by Crippen LogP contribution is 2.40. The Balaban J connectivity index is 1.66. The molecule has 1 aliphatic heterocycles. The maximum absolute atomic E-state index is 13.4. The number of sulfonamides is 1. The SMILES string of the molecule is O=S(=O)(c1cccc(F)c1)N1CCCC1c1nc(C2CC2)no1. The van der Waals surface area contributed by atoms with Crippen LogP contribution in [0.2, 0.25) is 0 Å². The molecule has 0 radical (unpaired) electrons. The number of aromatic nitrogens is 2. The summed E-state index contributed by atoms with van der Waals surface area (Å²) in [5.41, 5.74) is 0. The molecule has 8 heteroatoms. The van der Waals surface area contributed by atoms with E-state index in [0.717, 1.165) is 18.9 Å². The van der Waals surface area contributed by atoms with E-state index in [4.69, 9.17) is 4.52 Å². The van der Waals surface area contributed by atoms with Crippen molar-refractivity contribution < 1.29 is 17.3 Å². The molecule has 23 heavy (non-hydrogen) atoms. The Hall–Kier alpha value is -1.80. The van der Waals surface area contributed by atoms with Gasteiger partial charge in [0.15, 0.2) is 5.82 Å². The molecular formula is C15H16FN3O3S. The zero-order valence-corrected chi connectivity index (χ0v) is 13.2. The molecule has 1 unspecified atom stereocenters. The molecule has 1 aromatic carbocycles. The van der Waals surface area contributed by atoms with Gasteiger partial charge >= 0.3 is 0 Å². The van der Waals surface area contributed by atoms with Crippen LogP contribution in [0.1, 0.15) is 49.4 Å². The first-order chi connectivity index (χ1) is 11.1. The quantitative estimate of drug-likeness (QED) is 0.857. The molecule has 1 aromatic heterocycles. The fourth-order valence-corrected chi connectivity index (χ4v) is 4.61. The number of rotatable bonds is 4. The zero-order chi connectivity index (χ0) is 16.0. The topological polar surface area (TPSA) is 76.3 Å². The molecule has 2 fully saturated rings. The molecule has 6 nitrogen and oxygen atoms in total. The molecule has 2 heterocycles. The first kappa shape index (κ1) is 14.8. The highest BCUT2D eigenvalue weighted by molar-refractivity contribution is 7.89. The second-order valence-corrected chi connectivity index (χ2v) is 7.89. The van der Waals surface area contributed by atoms with Gasteiger partial charge in [0.05, 0.1) is 4.90 Å². The summed E-state index contributed by atoms with van der Waals surface area (Å²) in [5.74, 6) is 0.775. The lowest BCUT2D eigenvalue weighted by molar-refractivity contribution is 0.289. The lowest BCUT2D eigenvalue weighted by atomic mass is 10.2. The minimum atomic E-state index is -3.79. The summed E-state index contributed by atoms with van der Waals surface area (Å²) in [6.07, 6.45) is 3.44. The normalized spacial score (nSPS) is 22.6. The second kappa shape index (κ2) is 5.38. The number of nitrogens with zero attached hydrogens (tertiary/aromatic N) is 3. The lowest BCUT2D eigenvalue weighted by Gasteiger charge is -2.21. The summed E-state index contributed by atoms with van der Waals surface area (Å²) in [4.78, 5) is 4.32. The largest absolute Gasteiger partial charge is 0.338 e. The predicted octanol–water partition coefficient (Wildman–Crippen LogP) is 2.61. The van der Waals surface area contributed by atoms with Crippen molar-refractivity contribution in [3.8, 4) is 0 Å². The van der Waals surface area contributed by atoms with Gasteiger partial charge in [0.1, 0.15) is 11.9 Å². The number of hydrogen-bond donors (Lipinski definition) is 0. The van der Waals surface area contributed by atoms with Crippen LogP contribution in [0.25, 0.3) is 0 Å². The van der Waals surface area contributed by atoms with Crippen molar-refractivity contribution in [2.75, 3.05) is 6.54 Å². The van der Waals surface area contributed by atoms with Crippen LogP contribution in [0.3, 0.4) is 0 Å². The van der Waals surface area contributed by atoms with Crippen molar-refractivity contribution in [2.45, 2.75) is 42.5 Å². The Morgan fingerprint density at radius 1 is 1.26 bits per heavy atom. The van der Waals surface area contributed by atoms with Crippen molar-refractivity contribution in [3.05, 3.63) is 41.8 Å². The van der Waals surface area contributed by atoms with E-state index in [1.807, 2.05) is 0 Å². The molecular weight excluding hydrogens is 321 g/mol. The molecule has 1 aliphatic carbocycles. The van der Waals surface area contributed by atoms with E-state index in [-0.39, 0.29) is 4.90 Å². The van der Waals surface area contributed by atoms with E-state index < -0.39 is 21.9 Å². The average Bonchev–Trinajstić information content (AvgIpc) is 3.07. The highest BCUT2D eigenvalue weighted by atomic mass is 32.2. The molecule has 122 valence electrons. The van der Waals surface area contributed by atoms with E-state index in [1.54, 1.807) is 0 Å². The molecule has 4 rings (SSSR count). The van der Waals surface area contributed by atoms with Gasteiger partial charge in [-0.1, -0.05) is 11.2 Å².